The van der Waals surface area contributed by atoms with E-state index in [0.717, 1.165) is 27.5 Å². The summed E-state index contributed by atoms with van der Waals surface area (Å²) >= 11 is 1.71. The first-order chi connectivity index (χ1) is 10.6. The van der Waals surface area contributed by atoms with Gasteiger partial charge in [-0.2, -0.15) is 0 Å². The first-order valence-corrected chi connectivity index (χ1v) is 8.46. The van der Waals surface area contributed by atoms with Crippen molar-refractivity contribution in [3.63, 3.8) is 0 Å². The summed E-state index contributed by atoms with van der Waals surface area (Å²) in [5, 5.41) is 1.04. The third-order valence-corrected chi connectivity index (χ3v) is 4.12. The molecule has 0 bridgehead atoms. The lowest BCUT2D eigenvalue weighted by Gasteiger charge is -2.17. The van der Waals surface area contributed by atoms with Gasteiger partial charge < -0.3 is 0 Å². The van der Waals surface area contributed by atoms with E-state index in [2.05, 4.69) is 23.2 Å². The van der Waals surface area contributed by atoms with Crippen molar-refractivity contribution in [1.29, 1.82) is 0 Å². The number of pyridine rings is 1. The number of benzene rings is 1. The van der Waals surface area contributed by atoms with E-state index >= 15 is 0 Å². The lowest BCUT2D eigenvalue weighted by atomic mass is 10.2. The molecule has 0 spiro atoms. The molecule has 7 nitrogen and oxygen atoms in total. The third kappa shape index (κ3) is 4.83. The Labute approximate surface area is 138 Å². The fraction of sp³-hybridized carbons (Fsp3) is 0.143. The van der Waals surface area contributed by atoms with Crippen LogP contribution in [0.1, 0.15) is 11.4 Å². The fourth-order valence-electron chi connectivity index (χ4n) is 2.03. The van der Waals surface area contributed by atoms with Gasteiger partial charge in [0, 0.05) is 31.5 Å². The van der Waals surface area contributed by atoms with Crippen molar-refractivity contribution in [2.45, 2.75) is 13.8 Å². The molecule has 0 radical (unpaired) electrons. The van der Waals surface area contributed by atoms with Crippen LogP contribution in [-0.4, -0.2) is 4.98 Å². The van der Waals surface area contributed by atoms with Crippen LogP contribution in [0.25, 0.3) is 20.8 Å². The smallest absolute Gasteiger partial charge is 0.209 e. The Bertz CT molecular complexity index is 770. The van der Waals surface area contributed by atoms with Crippen LogP contribution in [0.5, 0.6) is 0 Å². The second kappa shape index (κ2) is 6.75. The molecule has 0 amide bonds. The Kier molecular flexibility index (Phi) is 5.15. The maximum atomic E-state index is 8.49. The van der Waals surface area contributed by atoms with E-state index < -0.39 is 10.2 Å². The quantitative estimate of drug-likeness (QED) is 0.389. The number of aryl methyl sites for hydroxylation is 2. The Morgan fingerprint density at radius 2 is 1.57 bits per heavy atom. The summed E-state index contributed by atoms with van der Waals surface area (Å²) in [6, 6.07) is 12.3. The number of aromatic nitrogens is 2. The molecule has 0 atom stereocenters. The molecule has 1 aromatic carbocycles. The van der Waals surface area contributed by atoms with Crippen molar-refractivity contribution in [3.05, 3.63) is 47.8 Å². The minimum atomic E-state index is -4.94. The highest BCUT2D eigenvalue weighted by Crippen LogP contribution is 2.30. The topological polar surface area (TPSA) is 135 Å². The number of nitrogens with zero attached hydrogens (tertiary/aromatic N) is 2. The average Bonchev–Trinajstić information content (AvgIpc) is 2.86. The second-order valence-corrected chi connectivity index (χ2v) is 6.55. The zero-order valence-electron chi connectivity index (χ0n) is 12.4. The molecular weight excluding hydrogens is 342 g/mol. The molecule has 0 fully saturated rings. The van der Waals surface area contributed by atoms with Gasteiger partial charge in [-0.1, -0.05) is 16.8 Å². The van der Waals surface area contributed by atoms with Crippen LogP contribution in [0, 0.1) is 24.1 Å². The second-order valence-electron chi connectivity index (χ2n) is 4.76. The first kappa shape index (κ1) is 17.5. The molecule has 0 aliphatic rings. The van der Waals surface area contributed by atoms with Crippen molar-refractivity contribution in [2.24, 2.45) is 0 Å². The van der Waals surface area contributed by atoms with Crippen LogP contribution < -0.4 is 29.2 Å². The van der Waals surface area contributed by atoms with Gasteiger partial charge in [0.15, 0.2) is 0 Å². The van der Waals surface area contributed by atoms with Crippen LogP contribution >= 0.6 is 11.3 Å². The number of hydrogen-bond donors (Lipinski definition) is 1. The van der Waals surface area contributed by atoms with Crippen molar-refractivity contribution in [1.82, 2.24) is 4.98 Å². The molecule has 0 aliphatic heterocycles. The molecule has 3 rings (SSSR count). The van der Waals surface area contributed by atoms with E-state index in [9.17, 15) is 0 Å². The Morgan fingerprint density at radius 1 is 1.04 bits per heavy atom. The first-order valence-electron chi connectivity index (χ1n) is 6.41. The number of nitrogens with two attached hydrogens (primary N) is 1. The number of rotatable bonds is 1. The molecule has 0 saturated carbocycles. The molecule has 0 aliphatic carbocycles. The number of halogens is 1. The minimum Gasteiger partial charge on any atom is -0.236 e. The molecule has 23 heavy (non-hydrogen) atoms. The van der Waals surface area contributed by atoms with Gasteiger partial charge in [0.1, 0.15) is 5.01 Å². The van der Waals surface area contributed by atoms with Gasteiger partial charge in [0.05, 0.1) is 10.2 Å². The Morgan fingerprint density at radius 3 is 2.09 bits per heavy atom. The summed E-state index contributed by atoms with van der Waals surface area (Å²) in [7, 11) is -4.94. The highest BCUT2D eigenvalue weighted by molar-refractivity contribution is 7.21. The van der Waals surface area contributed by atoms with Gasteiger partial charge in [-0.3, -0.25) is 0 Å². The lowest BCUT2D eigenvalue weighted by Crippen LogP contribution is -2.68. The molecule has 2 heterocycles. The molecule has 2 aromatic heterocycles. The largest absolute Gasteiger partial charge is 0.236 e. The summed E-state index contributed by atoms with van der Waals surface area (Å²) in [5.41, 5.74) is 4.25. The summed E-state index contributed by atoms with van der Waals surface area (Å²) in [6.45, 7) is 4.01. The fourth-order valence-corrected chi connectivity index (χ4v) is 2.98. The molecular formula is C14H14ClN3O4S. The minimum absolute atomic E-state index is 1.03. The molecule has 2 N–H and O–H groups in total. The summed E-state index contributed by atoms with van der Waals surface area (Å²) in [6.07, 6.45) is 0. The maximum absolute atomic E-state index is 8.49. The zero-order chi connectivity index (χ0) is 17.2. The SMILES string of the molecule is Cc1cc(-c2nc3ccccc3s2)cc(C)[n+]1N.[O-][Cl+3]([O-])([O-])[O-]. The van der Waals surface area contributed by atoms with Gasteiger partial charge in [-0.25, -0.2) is 29.5 Å². The number of para-hydroxylation sites is 1. The predicted octanol–water partition coefficient (Wildman–Crippen LogP) is -2.17. The van der Waals surface area contributed by atoms with Crippen molar-refractivity contribution in [3.8, 4) is 10.6 Å². The van der Waals surface area contributed by atoms with Gasteiger partial charge in [0.25, 0.3) is 0 Å². The number of hydrogen-bond acceptors (Lipinski definition) is 7. The molecule has 9 heteroatoms. The van der Waals surface area contributed by atoms with E-state index in [-0.39, 0.29) is 0 Å². The molecule has 3 aromatic rings. The molecule has 122 valence electrons. The standard InChI is InChI=1S/C14H14N3S.ClHO4/c1-9-7-11(8-10(2)17(9)15)14-16-12-5-3-4-6-13(12)18-14;2-1(3,4)5/h3-8H,15H2,1-2H3;(H,2,3,4,5)/q+1;/p-1. The molecule has 0 saturated heterocycles. The maximum Gasteiger partial charge on any atom is 0.209 e. The van der Waals surface area contributed by atoms with Gasteiger partial charge in [0.2, 0.25) is 11.4 Å². The lowest BCUT2D eigenvalue weighted by molar-refractivity contribution is -2.00. The summed E-state index contributed by atoms with van der Waals surface area (Å²) < 4.78 is 36.9. The van der Waals surface area contributed by atoms with E-state index in [1.165, 1.54) is 4.70 Å². The van der Waals surface area contributed by atoms with E-state index in [1.54, 1.807) is 16.0 Å². The summed E-state index contributed by atoms with van der Waals surface area (Å²) in [5.74, 6) is 5.90. The van der Waals surface area contributed by atoms with Crippen molar-refractivity contribution >= 4 is 21.6 Å². The highest BCUT2D eigenvalue weighted by atomic mass is 35.7. The average molecular weight is 356 g/mol. The Hall–Kier alpha value is -1.81. The highest BCUT2D eigenvalue weighted by Gasteiger charge is 2.13. The summed E-state index contributed by atoms with van der Waals surface area (Å²) in [4.78, 5) is 4.66. The van der Waals surface area contributed by atoms with Crippen LogP contribution in [0.4, 0.5) is 0 Å². The zero-order valence-corrected chi connectivity index (χ0v) is 13.9. The Balaban J connectivity index is 0.000000338. The van der Waals surface area contributed by atoms with Crippen LogP contribution in [0.2, 0.25) is 0 Å². The van der Waals surface area contributed by atoms with E-state index in [4.69, 9.17) is 24.5 Å². The van der Waals surface area contributed by atoms with E-state index in [0.29, 0.717) is 0 Å². The van der Waals surface area contributed by atoms with Crippen LogP contribution in [0.15, 0.2) is 36.4 Å². The normalized spacial score (nSPS) is 11.2. The number of fused-ring (bicyclic) bond motifs is 1. The van der Waals surface area contributed by atoms with Crippen molar-refractivity contribution in [2.75, 3.05) is 5.84 Å². The number of nitrogen functional groups attached to an aromatic ring is 1. The predicted molar refractivity (Wildman–Crippen MR) is 74.9 cm³/mol. The van der Waals surface area contributed by atoms with Gasteiger partial charge >= 0.3 is 0 Å². The van der Waals surface area contributed by atoms with Gasteiger partial charge in [-0.05, 0) is 12.1 Å². The third-order valence-electron chi connectivity index (χ3n) is 3.03. The number of thiazole rings is 1. The molecule has 0 unspecified atom stereocenters. The van der Waals surface area contributed by atoms with Crippen LogP contribution in [-0.2, 0) is 0 Å². The van der Waals surface area contributed by atoms with Crippen LogP contribution in [0.3, 0.4) is 0 Å². The van der Waals surface area contributed by atoms with E-state index in [1.807, 2.05) is 32.0 Å². The van der Waals surface area contributed by atoms with Gasteiger partial charge in [-0.15, -0.1) is 21.6 Å². The van der Waals surface area contributed by atoms with Crippen molar-refractivity contribution < 1.29 is 33.6 Å². The monoisotopic (exact) mass is 355 g/mol.